The van der Waals surface area contributed by atoms with Crippen LogP contribution in [-0.2, 0) is 13.6 Å². The summed E-state index contributed by atoms with van der Waals surface area (Å²) in [5.74, 6) is 2.82. The molecule has 0 saturated heterocycles. The largest absolute Gasteiger partial charge is 0.361 e. The molecule has 2 aliphatic carbocycles. The van der Waals surface area contributed by atoms with Gasteiger partial charge in [0, 0.05) is 14.2 Å². The fourth-order valence-corrected chi connectivity index (χ4v) is 4.04. The lowest BCUT2D eigenvalue weighted by Crippen LogP contribution is -2.07. The Bertz CT molecular complexity index is 372. The van der Waals surface area contributed by atoms with E-state index in [9.17, 15) is 4.57 Å². The van der Waals surface area contributed by atoms with Crippen LogP contribution in [0.4, 0.5) is 0 Å². The van der Waals surface area contributed by atoms with Gasteiger partial charge >= 0.3 is 7.60 Å². The third-order valence-corrected chi connectivity index (χ3v) is 5.95. The summed E-state index contributed by atoms with van der Waals surface area (Å²) in [5, 5.41) is 0. The van der Waals surface area contributed by atoms with Crippen LogP contribution in [0.1, 0.15) is 51.4 Å². The summed E-state index contributed by atoms with van der Waals surface area (Å²) in [4.78, 5) is 0. The Hall–Kier alpha value is -0.330. The van der Waals surface area contributed by atoms with Crippen molar-refractivity contribution in [3.05, 3.63) is 17.1 Å². The van der Waals surface area contributed by atoms with Gasteiger partial charge in [0.25, 0.3) is 0 Å². The molecular weight excluding hydrogens is 259 g/mol. The van der Waals surface area contributed by atoms with E-state index in [1.54, 1.807) is 5.82 Å². The standard InChI is InChI=1S/C15H25O3P/c1-17-19(16,18-2)12-11-15(13-7-3-4-8-13)14-9-5-6-10-14/h12-14H,3-10H2,1-2H3. The van der Waals surface area contributed by atoms with Crippen LogP contribution in [-0.4, -0.2) is 14.2 Å². The van der Waals surface area contributed by atoms with Crippen molar-refractivity contribution in [2.45, 2.75) is 51.4 Å². The molecule has 0 aromatic carbocycles. The topological polar surface area (TPSA) is 35.5 Å². The highest BCUT2D eigenvalue weighted by Gasteiger charge is 2.28. The molecule has 0 aliphatic heterocycles. The first kappa shape index (κ1) is 15.1. The van der Waals surface area contributed by atoms with Crippen molar-refractivity contribution in [3.8, 4) is 0 Å². The second-order valence-electron chi connectivity index (χ2n) is 5.60. The minimum absolute atomic E-state index is 0.640. The van der Waals surface area contributed by atoms with Crippen LogP contribution in [0.2, 0.25) is 0 Å². The Labute approximate surface area is 116 Å². The van der Waals surface area contributed by atoms with E-state index in [1.165, 1.54) is 71.2 Å². The zero-order chi connectivity index (χ0) is 13.7. The molecule has 0 heterocycles. The molecule has 19 heavy (non-hydrogen) atoms. The normalized spacial score (nSPS) is 21.6. The van der Waals surface area contributed by atoms with Crippen molar-refractivity contribution < 1.29 is 13.6 Å². The van der Waals surface area contributed by atoms with Gasteiger partial charge < -0.3 is 9.05 Å². The van der Waals surface area contributed by atoms with Gasteiger partial charge in [-0.3, -0.25) is 4.57 Å². The Balaban J connectivity index is 2.25. The van der Waals surface area contributed by atoms with Crippen molar-refractivity contribution in [2.24, 2.45) is 11.8 Å². The first-order valence-electron chi connectivity index (χ1n) is 7.37. The van der Waals surface area contributed by atoms with Gasteiger partial charge in [-0.15, -0.1) is 5.73 Å². The molecule has 4 heteroatoms. The van der Waals surface area contributed by atoms with Gasteiger partial charge in [-0.2, -0.15) is 0 Å². The van der Waals surface area contributed by atoms with Gasteiger partial charge in [0.2, 0.25) is 0 Å². The zero-order valence-corrected chi connectivity index (χ0v) is 13.0. The van der Waals surface area contributed by atoms with E-state index in [4.69, 9.17) is 9.05 Å². The van der Waals surface area contributed by atoms with Crippen molar-refractivity contribution in [1.82, 2.24) is 0 Å². The van der Waals surface area contributed by atoms with Gasteiger partial charge in [-0.1, -0.05) is 25.7 Å². The number of hydrogen-bond donors (Lipinski definition) is 0. The lowest BCUT2D eigenvalue weighted by atomic mass is 9.86. The van der Waals surface area contributed by atoms with E-state index in [0.717, 1.165) is 0 Å². The van der Waals surface area contributed by atoms with Crippen molar-refractivity contribution in [3.63, 3.8) is 0 Å². The van der Waals surface area contributed by atoms with E-state index in [0.29, 0.717) is 11.8 Å². The number of rotatable bonds is 5. The molecule has 0 spiro atoms. The maximum Gasteiger partial charge on any atom is 0.361 e. The average molecular weight is 284 g/mol. The van der Waals surface area contributed by atoms with Crippen molar-refractivity contribution in [2.75, 3.05) is 14.2 Å². The highest BCUT2D eigenvalue weighted by atomic mass is 31.2. The SMILES string of the molecule is COP(=O)(C=C=C(C1CCCC1)C1CCCC1)OC. The molecule has 0 aromatic rings. The Morgan fingerprint density at radius 3 is 1.79 bits per heavy atom. The zero-order valence-electron chi connectivity index (χ0n) is 12.1. The highest BCUT2D eigenvalue weighted by molar-refractivity contribution is 7.57. The van der Waals surface area contributed by atoms with Crippen LogP contribution in [0, 0.1) is 11.8 Å². The lowest BCUT2D eigenvalue weighted by Gasteiger charge is -2.19. The van der Waals surface area contributed by atoms with Crippen molar-refractivity contribution >= 4 is 7.60 Å². The van der Waals surface area contributed by atoms with Gasteiger partial charge in [0.15, 0.2) is 0 Å². The predicted molar refractivity (Wildman–Crippen MR) is 77.1 cm³/mol. The van der Waals surface area contributed by atoms with Gasteiger partial charge in [-0.05, 0) is 43.1 Å². The monoisotopic (exact) mass is 284 g/mol. The molecule has 2 aliphatic rings. The van der Waals surface area contributed by atoms with Crippen LogP contribution < -0.4 is 0 Å². The molecule has 2 saturated carbocycles. The molecule has 0 aromatic heterocycles. The van der Waals surface area contributed by atoms with E-state index < -0.39 is 7.60 Å². The molecule has 2 rings (SSSR count). The molecule has 2 fully saturated rings. The second-order valence-corrected chi connectivity index (χ2v) is 7.66. The molecule has 0 unspecified atom stereocenters. The molecule has 0 atom stereocenters. The van der Waals surface area contributed by atoms with Crippen LogP contribution >= 0.6 is 7.60 Å². The maximum atomic E-state index is 12.1. The summed E-state index contributed by atoms with van der Waals surface area (Å²) < 4.78 is 22.0. The van der Waals surface area contributed by atoms with Crippen LogP contribution in [0.15, 0.2) is 17.1 Å². The van der Waals surface area contributed by atoms with Crippen LogP contribution in [0.25, 0.3) is 0 Å². The second kappa shape index (κ2) is 6.90. The number of allylic oxidation sites excluding steroid dienone is 1. The summed E-state index contributed by atoms with van der Waals surface area (Å²) in [5.41, 5.74) is 4.70. The quantitative estimate of drug-likeness (QED) is 0.532. The van der Waals surface area contributed by atoms with E-state index in [2.05, 4.69) is 5.73 Å². The van der Waals surface area contributed by atoms with E-state index in [1.807, 2.05) is 0 Å². The summed E-state index contributed by atoms with van der Waals surface area (Å²) in [7, 11) is -0.225. The predicted octanol–water partition coefficient (Wildman–Crippen LogP) is 4.89. The maximum absolute atomic E-state index is 12.1. The summed E-state index contributed by atoms with van der Waals surface area (Å²) >= 11 is 0. The first-order valence-corrected chi connectivity index (χ1v) is 8.98. The number of hydrogen-bond acceptors (Lipinski definition) is 3. The summed E-state index contributed by atoms with van der Waals surface area (Å²) in [6.45, 7) is 0. The Kier molecular flexibility index (Phi) is 5.47. The fraction of sp³-hybridized carbons (Fsp3) is 0.800. The molecule has 108 valence electrons. The minimum Gasteiger partial charge on any atom is -0.309 e. The molecular formula is C15H25O3P. The molecule has 0 bridgehead atoms. The third-order valence-electron chi connectivity index (χ3n) is 4.49. The van der Waals surface area contributed by atoms with Crippen LogP contribution in [0.5, 0.6) is 0 Å². The average Bonchev–Trinajstić information content (AvgIpc) is 3.12. The molecule has 0 amide bonds. The smallest absolute Gasteiger partial charge is 0.309 e. The summed E-state index contributed by atoms with van der Waals surface area (Å²) in [6, 6.07) is 0. The van der Waals surface area contributed by atoms with E-state index in [-0.39, 0.29) is 0 Å². The third kappa shape index (κ3) is 3.83. The Morgan fingerprint density at radius 2 is 1.42 bits per heavy atom. The van der Waals surface area contributed by atoms with Crippen molar-refractivity contribution in [1.29, 1.82) is 0 Å². The van der Waals surface area contributed by atoms with Gasteiger partial charge in [0.05, 0.1) is 5.82 Å². The Morgan fingerprint density at radius 1 is 1.00 bits per heavy atom. The molecule has 0 N–H and O–H groups in total. The minimum atomic E-state index is -3.07. The lowest BCUT2D eigenvalue weighted by molar-refractivity contribution is 0.286. The van der Waals surface area contributed by atoms with Gasteiger partial charge in [-0.25, -0.2) is 0 Å². The van der Waals surface area contributed by atoms with Gasteiger partial charge in [0.1, 0.15) is 0 Å². The van der Waals surface area contributed by atoms with E-state index >= 15 is 0 Å². The molecule has 0 radical (unpaired) electrons. The summed E-state index contributed by atoms with van der Waals surface area (Å²) in [6.07, 6.45) is 10.3. The highest BCUT2D eigenvalue weighted by Crippen LogP contribution is 2.48. The molecule has 3 nitrogen and oxygen atoms in total. The van der Waals surface area contributed by atoms with Crippen LogP contribution in [0.3, 0.4) is 0 Å². The fourth-order valence-electron chi connectivity index (χ4n) is 3.38. The first-order chi connectivity index (χ1) is 9.18.